The largest absolute Gasteiger partial charge is 0.491 e. The van der Waals surface area contributed by atoms with E-state index in [1.165, 1.54) is 6.33 Å². The van der Waals surface area contributed by atoms with Gasteiger partial charge >= 0.3 is 0 Å². The van der Waals surface area contributed by atoms with Crippen LogP contribution in [0.4, 0.5) is 0 Å². The molecule has 0 aliphatic rings. The van der Waals surface area contributed by atoms with Crippen LogP contribution in [0, 0.1) is 0 Å². The zero-order valence-electron chi connectivity index (χ0n) is 13.9. The molecule has 0 amide bonds. The summed E-state index contributed by atoms with van der Waals surface area (Å²) in [6.45, 7) is 3.24. The van der Waals surface area contributed by atoms with Gasteiger partial charge in [-0.25, -0.2) is 0 Å². The summed E-state index contributed by atoms with van der Waals surface area (Å²) in [6.07, 6.45) is 1.29. The highest BCUT2D eigenvalue weighted by atomic mass is 16.6. The molecule has 2 rings (SSSR count). The number of aliphatic hydroxyl groups excluding tert-OH is 1. The Morgan fingerprint density at radius 3 is 1.88 bits per heavy atom. The maximum absolute atomic E-state index is 8.53. The van der Waals surface area contributed by atoms with Crippen LogP contribution in [0.3, 0.4) is 0 Å². The first-order valence-corrected chi connectivity index (χ1v) is 7.98. The van der Waals surface area contributed by atoms with Crippen molar-refractivity contribution in [1.29, 1.82) is 0 Å². The minimum absolute atomic E-state index is 0.0281. The number of aliphatic hydroxyl groups is 1. The van der Waals surface area contributed by atoms with Crippen LogP contribution in [0.1, 0.15) is 0 Å². The zero-order chi connectivity index (χ0) is 17.6. The number of hydrogen-bond acceptors (Lipinski definition) is 9. The van der Waals surface area contributed by atoms with E-state index in [2.05, 4.69) is 20.4 Å². The number of aromatic nitrogens is 4. The molecule has 0 saturated carbocycles. The van der Waals surface area contributed by atoms with Gasteiger partial charge in [-0.3, -0.25) is 0 Å². The molecule has 9 heteroatoms. The molecule has 0 saturated heterocycles. The molecule has 1 heterocycles. The van der Waals surface area contributed by atoms with Crippen molar-refractivity contribution in [2.45, 2.75) is 0 Å². The van der Waals surface area contributed by atoms with Gasteiger partial charge in [0.15, 0.2) is 6.33 Å². The van der Waals surface area contributed by atoms with Gasteiger partial charge in [-0.2, -0.15) is 0 Å². The molecule has 0 bridgehead atoms. The summed E-state index contributed by atoms with van der Waals surface area (Å²) in [5, 5.41) is 23.7. The first kappa shape index (κ1) is 19.1. The van der Waals surface area contributed by atoms with Gasteiger partial charge in [-0.15, -0.1) is 20.4 Å². The van der Waals surface area contributed by atoms with E-state index < -0.39 is 0 Å². The molecule has 1 N–H and O–H groups in total. The average molecular weight is 350 g/mol. The van der Waals surface area contributed by atoms with Crippen molar-refractivity contribution < 1.29 is 24.1 Å². The number of nitrogens with zero attached hydrogens (tertiary/aromatic N) is 4. The third kappa shape index (κ3) is 7.94. The fourth-order valence-electron chi connectivity index (χ4n) is 1.84. The van der Waals surface area contributed by atoms with Crippen LogP contribution in [0.5, 0.6) is 5.75 Å². The van der Waals surface area contributed by atoms with Crippen molar-refractivity contribution in [3.8, 4) is 17.1 Å². The lowest BCUT2D eigenvalue weighted by Gasteiger charge is -2.08. The van der Waals surface area contributed by atoms with Gasteiger partial charge in [0.25, 0.3) is 0 Å². The van der Waals surface area contributed by atoms with Crippen LogP contribution < -0.4 is 4.74 Å². The Morgan fingerprint density at radius 2 is 1.28 bits per heavy atom. The Labute approximate surface area is 145 Å². The van der Waals surface area contributed by atoms with E-state index in [0.717, 1.165) is 11.3 Å². The topological polar surface area (TPSA) is 109 Å². The summed E-state index contributed by atoms with van der Waals surface area (Å²) in [4.78, 5) is 0. The molecule has 25 heavy (non-hydrogen) atoms. The third-order valence-electron chi connectivity index (χ3n) is 3.00. The maximum atomic E-state index is 8.53. The number of ether oxygens (including phenoxy) is 4. The van der Waals surface area contributed by atoms with Crippen LogP contribution in [0.25, 0.3) is 11.4 Å². The van der Waals surface area contributed by atoms with E-state index in [1.807, 2.05) is 24.3 Å². The second-order valence-electron chi connectivity index (χ2n) is 4.80. The molecule has 0 aliphatic carbocycles. The van der Waals surface area contributed by atoms with Crippen molar-refractivity contribution in [3.63, 3.8) is 0 Å². The molecule has 136 valence electrons. The van der Waals surface area contributed by atoms with E-state index in [4.69, 9.17) is 24.1 Å². The van der Waals surface area contributed by atoms with Gasteiger partial charge in [-0.05, 0) is 24.3 Å². The molecule has 9 nitrogen and oxygen atoms in total. The molecular formula is C16H22N4O5. The maximum Gasteiger partial charge on any atom is 0.203 e. The number of benzene rings is 1. The lowest BCUT2D eigenvalue weighted by atomic mass is 10.2. The summed E-state index contributed by atoms with van der Waals surface area (Å²) < 4.78 is 21.4. The van der Waals surface area contributed by atoms with Gasteiger partial charge in [0.2, 0.25) is 5.82 Å². The Bertz CT molecular complexity index is 570. The Hall–Kier alpha value is -2.20. The Kier molecular flexibility index (Phi) is 9.34. The second kappa shape index (κ2) is 12.2. The SMILES string of the molecule is OCCOCCOCCOCCOc1ccc(-c2nncnn2)cc1. The minimum atomic E-state index is 0.0281. The smallest absolute Gasteiger partial charge is 0.203 e. The van der Waals surface area contributed by atoms with Crippen LogP contribution in [-0.2, 0) is 14.2 Å². The van der Waals surface area contributed by atoms with Crippen LogP contribution >= 0.6 is 0 Å². The highest BCUT2D eigenvalue weighted by Gasteiger charge is 2.02. The van der Waals surface area contributed by atoms with E-state index in [-0.39, 0.29) is 6.61 Å². The summed E-state index contributed by atoms with van der Waals surface area (Å²) in [7, 11) is 0. The quantitative estimate of drug-likeness (QED) is 0.512. The molecule has 1 aromatic heterocycles. The molecule has 2 aromatic rings. The zero-order valence-corrected chi connectivity index (χ0v) is 13.9. The van der Waals surface area contributed by atoms with Gasteiger partial charge in [-0.1, -0.05) is 0 Å². The number of rotatable bonds is 13. The predicted molar refractivity (Wildman–Crippen MR) is 88.1 cm³/mol. The second-order valence-corrected chi connectivity index (χ2v) is 4.80. The van der Waals surface area contributed by atoms with Gasteiger partial charge in [0.1, 0.15) is 12.4 Å². The van der Waals surface area contributed by atoms with Crippen LogP contribution in [0.15, 0.2) is 30.6 Å². The first-order chi connectivity index (χ1) is 12.4. The van der Waals surface area contributed by atoms with E-state index in [0.29, 0.717) is 52.1 Å². The molecule has 0 radical (unpaired) electrons. The molecule has 0 aliphatic heterocycles. The average Bonchev–Trinajstić information content (AvgIpc) is 2.67. The number of hydrogen-bond donors (Lipinski definition) is 1. The highest BCUT2D eigenvalue weighted by Crippen LogP contribution is 2.18. The fourth-order valence-corrected chi connectivity index (χ4v) is 1.84. The van der Waals surface area contributed by atoms with Gasteiger partial charge in [0, 0.05) is 5.56 Å². The van der Waals surface area contributed by atoms with Crippen LogP contribution in [0.2, 0.25) is 0 Å². The molecule has 0 spiro atoms. The van der Waals surface area contributed by atoms with Crippen molar-refractivity contribution in [2.75, 3.05) is 52.9 Å². The van der Waals surface area contributed by atoms with Gasteiger partial charge < -0.3 is 24.1 Å². The summed E-state index contributed by atoms with van der Waals surface area (Å²) in [6, 6.07) is 7.37. The Morgan fingerprint density at radius 1 is 0.720 bits per heavy atom. The van der Waals surface area contributed by atoms with E-state index >= 15 is 0 Å². The highest BCUT2D eigenvalue weighted by molar-refractivity contribution is 5.54. The van der Waals surface area contributed by atoms with Gasteiger partial charge in [0.05, 0.1) is 46.2 Å². The van der Waals surface area contributed by atoms with Crippen molar-refractivity contribution in [3.05, 3.63) is 30.6 Å². The summed E-state index contributed by atoms with van der Waals surface area (Å²) in [5.41, 5.74) is 0.823. The van der Waals surface area contributed by atoms with Crippen molar-refractivity contribution in [1.82, 2.24) is 20.4 Å². The normalized spacial score (nSPS) is 10.8. The summed E-state index contributed by atoms with van der Waals surface area (Å²) in [5.74, 6) is 1.21. The Balaban J connectivity index is 1.51. The fraction of sp³-hybridized carbons (Fsp3) is 0.500. The molecule has 0 atom stereocenters. The lowest BCUT2D eigenvalue weighted by molar-refractivity contribution is 0.00361. The standard InChI is InChI=1S/C16H22N4O5/c21-5-6-22-7-8-23-9-10-24-11-12-25-15-3-1-14(2-4-15)16-19-17-13-18-20-16/h1-4,13,21H,5-12H2. The molecular weight excluding hydrogens is 328 g/mol. The van der Waals surface area contributed by atoms with E-state index in [9.17, 15) is 0 Å². The third-order valence-corrected chi connectivity index (χ3v) is 3.00. The molecule has 0 fully saturated rings. The summed E-state index contributed by atoms with van der Waals surface area (Å²) >= 11 is 0. The molecule has 1 aromatic carbocycles. The van der Waals surface area contributed by atoms with Crippen molar-refractivity contribution >= 4 is 0 Å². The van der Waals surface area contributed by atoms with Crippen molar-refractivity contribution in [2.24, 2.45) is 0 Å². The van der Waals surface area contributed by atoms with E-state index in [1.54, 1.807) is 0 Å². The first-order valence-electron chi connectivity index (χ1n) is 7.98. The lowest BCUT2D eigenvalue weighted by Crippen LogP contribution is -2.13. The monoisotopic (exact) mass is 350 g/mol. The minimum Gasteiger partial charge on any atom is -0.491 e. The predicted octanol–water partition coefficient (Wildman–Crippen LogP) is 0.354. The van der Waals surface area contributed by atoms with Crippen LogP contribution in [-0.4, -0.2) is 78.4 Å². The molecule has 0 unspecified atom stereocenters.